The van der Waals surface area contributed by atoms with Gasteiger partial charge in [-0.2, -0.15) is 5.10 Å². The highest BCUT2D eigenvalue weighted by Gasteiger charge is 2.12. The number of nitrogens with one attached hydrogen (secondary N) is 1. The molecule has 4 rings (SSSR count). The molecule has 27 heavy (non-hydrogen) atoms. The van der Waals surface area contributed by atoms with Gasteiger partial charge in [-0.05, 0) is 36.4 Å². The minimum absolute atomic E-state index is 0.174. The molecule has 0 aliphatic carbocycles. The number of benzene rings is 2. The SMILES string of the molecule is O=C(Nc1ccccc1Oc1ccccc1)c1ccc(-n2cncn2)nn1. The normalized spacial score (nSPS) is 10.4. The highest BCUT2D eigenvalue weighted by atomic mass is 16.5. The second-order valence-electron chi connectivity index (χ2n) is 5.48. The summed E-state index contributed by atoms with van der Waals surface area (Å²) in [7, 11) is 0. The lowest BCUT2D eigenvalue weighted by Gasteiger charge is -2.12. The van der Waals surface area contributed by atoms with Crippen LogP contribution in [0.4, 0.5) is 5.69 Å². The van der Waals surface area contributed by atoms with Crippen molar-refractivity contribution >= 4 is 11.6 Å². The number of anilines is 1. The molecular formula is C19H14N6O2. The molecular weight excluding hydrogens is 344 g/mol. The van der Waals surface area contributed by atoms with E-state index >= 15 is 0 Å². The Morgan fingerprint density at radius 1 is 0.926 bits per heavy atom. The van der Waals surface area contributed by atoms with E-state index < -0.39 is 5.91 Å². The summed E-state index contributed by atoms with van der Waals surface area (Å²) >= 11 is 0. The van der Waals surface area contributed by atoms with Gasteiger partial charge in [0.2, 0.25) is 0 Å². The Morgan fingerprint density at radius 3 is 2.48 bits per heavy atom. The van der Waals surface area contributed by atoms with Gasteiger partial charge in [0.15, 0.2) is 17.3 Å². The lowest BCUT2D eigenvalue weighted by Crippen LogP contribution is -2.15. The molecule has 8 nitrogen and oxygen atoms in total. The molecule has 4 aromatic rings. The molecule has 0 unspecified atom stereocenters. The first kappa shape index (κ1) is 16.4. The maximum absolute atomic E-state index is 12.5. The molecule has 0 atom stereocenters. The Morgan fingerprint density at radius 2 is 1.74 bits per heavy atom. The van der Waals surface area contributed by atoms with Crippen LogP contribution in [-0.4, -0.2) is 30.9 Å². The molecule has 0 saturated carbocycles. The van der Waals surface area contributed by atoms with Gasteiger partial charge in [0.25, 0.3) is 5.91 Å². The van der Waals surface area contributed by atoms with E-state index in [1.54, 1.807) is 24.3 Å². The first-order valence-corrected chi connectivity index (χ1v) is 8.11. The fourth-order valence-electron chi connectivity index (χ4n) is 2.36. The van der Waals surface area contributed by atoms with Gasteiger partial charge >= 0.3 is 0 Å². The van der Waals surface area contributed by atoms with Gasteiger partial charge in [-0.15, -0.1) is 10.2 Å². The summed E-state index contributed by atoms with van der Waals surface area (Å²) in [5.41, 5.74) is 0.710. The Bertz CT molecular complexity index is 1030. The van der Waals surface area contributed by atoms with Crippen LogP contribution in [0.15, 0.2) is 79.4 Å². The van der Waals surface area contributed by atoms with Crippen molar-refractivity contribution in [2.45, 2.75) is 0 Å². The summed E-state index contributed by atoms with van der Waals surface area (Å²) in [4.78, 5) is 16.4. The third-order valence-electron chi connectivity index (χ3n) is 3.64. The summed E-state index contributed by atoms with van der Waals surface area (Å²) < 4.78 is 7.30. The molecule has 2 heterocycles. The quantitative estimate of drug-likeness (QED) is 0.589. The predicted octanol–water partition coefficient (Wildman–Crippen LogP) is 3.10. The molecule has 1 amide bonds. The molecule has 8 heteroatoms. The Balaban J connectivity index is 1.51. The number of ether oxygens (including phenoxy) is 1. The second-order valence-corrected chi connectivity index (χ2v) is 5.48. The fourth-order valence-corrected chi connectivity index (χ4v) is 2.36. The highest BCUT2D eigenvalue weighted by Crippen LogP contribution is 2.29. The maximum atomic E-state index is 12.5. The molecule has 2 aromatic carbocycles. The maximum Gasteiger partial charge on any atom is 0.276 e. The van der Waals surface area contributed by atoms with Crippen LogP contribution in [0.1, 0.15) is 10.5 Å². The molecule has 0 aliphatic rings. The van der Waals surface area contributed by atoms with Crippen molar-refractivity contribution in [2.24, 2.45) is 0 Å². The van der Waals surface area contributed by atoms with Gasteiger partial charge in [0, 0.05) is 0 Å². The first-order valence-electron chi connectivity index (χ1n) is 8.11. The van der Waals surface area contributed by atoms with Crippen LogP contribution in [0.3, 0.4) is 0 Å². The van der Waals surface area contributed by atoms with Crippen molar-refractivity contribution in [3.05, 3.63) is 85.1 Å². The summed E-state index contributed by atoms with van der Waals surface area (Å²) in [5.74, 6) is 1.29. The zero-order chi connectivity index (χ0) is 18.5. The average Bonchev–Trinajstić information content (AvgIpc) is 3.25. The van der Waals surface area contributed by atoms with Gasteiger partial charge in [0.05, 0.1) is 5.69 Å². The minimum Gasteiger partial charge on any atom is -0.455 e. The molecule has 2 aromatic heterocycles. The highest BCUT2D eigenvalue weighted by molar-refractivity contribution is 6.03. The van der Waals surface area contributed by atoms with Gasteiger partial charge in [0.1, 0.15) is 18.4 Å². The third-order valence-corrected chi connectivity index (χ3v) is 3.64. The first-order chi connectivity index (χ1) is 13.3. The summed E-state index contributed by atoms with van der Waals surface area (Å²) in [6.07, 6.45) is 2.90. The zero-order valence-corrected chi connectivity index (χ0v) is 14.1. The van der Waals surface area contributed by atoms with Crippen molar-refractivity contribution in [3.8, 4) is 17.3 Å². The van der Waals surface area contributed by atoms with Gasteiger partial charge in [-0.3, -0.25) is 4.79 Å². The van der Waals surface area contributed by atoms with Crippen LogP contribution in [0.25, 0.3) is 5.82 Å². The number of hydrogen-bond donors (Lipinski definition) is 1. The standard InChI is InChI=1S/C19H14N6O2/c26-19(16-10-11-18(24-23-16)25-13-20-12-21-25)22-15-8-4-5-9-17(15)27-14-6-2-1-3-7-14/h1-13H,(H,22,26). The van der Waals surface area contributed by atoms with Crippen LogP contribution in [0.2, 0.25) is 0 Å². The molecule has 132 valence electrons. The van der Waals surface area contributed by atoms with Gasteiger partial charge in [-0.25, -0.2) is 9.67 Å². The average molecular weight is 358 g/mol. The van der Waals surface area contributed by atoms with Crippen molar-refractivity contribution < 1.29 is 9.53 Å². The monoisotopic (exact) mass is 358 g/mol. The number of aromatic nitrogens is 5. The predicted molar refractivity (Wildman–Crippen MR) is 97.9 cm³/mol. The van der Waals surface area contributed by atoms with E-state index in [-0.39, 0.29) is 5.69 Å². The van der Waals surface area contributed by atoms with E-state index in [9.17, 15) is 4.79 Å². The summed E-state index contributed by atoms with van der Waals surface area (Å²) in [5, 5.41) is 14.7. The van der Waals surface area contributed by atoms with Crippen molar-refractivity contribution in [1.29, 1.82) is 0 Å². The molecule has 0 aliphatic heterocycles. The number of nitrogens with zero attached hydrogens (tertiary/aromatic N) is 5. The molecule has 1 N–H and O–H groups in total. The van der Waals surface area contributed by atoms with Crippen molar-refractivity contribution in [1.82, 2.24) is 25.0 Å². The van der Waals surface area contributed by atoms with Gasteiger partial charge in [-0.1, -0.05) is 30.3 Å². The Kier molecular flexibility index (Phi) is 4.52. The van der Waals surface area contributed by atoms with Gasteiger partial charge < -0.3 is 10.1 Å². The number of para-hydroxylation sites is 3. The topological polar surface area (TPSA) is 94.8 Å². The summed E-state index contributed by atoms with van der Waals surface area (Å²) in [6.45, 7) is 0. The fraction of sp³-hybridized carbons (Fsp3) is 0. The molecule has 0 saturated heterocycles. The van der Waals surface area contributed by atoms with Crippen LogP contribution in [0, 0.1) is 0 Å². The van der Waals surface area contributed by atoms with E-state index in [1.807, 2.05) is 42.5 Å². The third kappa shape index (κ3) is 3.79. The van der Waals surface area contributed by atoms with Crippen LogP contribution >= 0.6 is 0 Å². The Labute approximate surface area is 154 Å². The number of carbonyl (C=O) groups excluding carboxylic acids is 1. The largest absolute Gasteiger partial charge is 0.455 e. The summed E-state index contributed by atoms with van der Waals surface area (Å²) in [6, 6.07) is 19.7. The number of rotatable bonds is 5. The molecule has 0 bridgehead atoms. The number of amides is 1. The van der Waals surface area contributed by atoms with Crippen molar-refractivity contribution in [3.63, 3.8) is 0 Å². The minimum atomic E-state index is -0.392. The van der Waals surface area contributed by atoms with E-state index in [1.165, 1.54) is 17.3 Å². The lowest BCUT2D eigenvalue weighted by molar-refractivity contribution is 0.102. The van der Waals surface area contributed by atoms with E-state index in [0.29, 0.717) is 23.0 Å². The van der Waals surface area contributed by atoms with Crippen LogP contribution < -0.4 is 10.1 Å². The molecule has 0 spiro atoms. The second kappa shape index (κ2) is 7.44. The lowest BCUT2D eigenvalue weighted by atomic mass is 10.2. The van der Waals surface area contributed by atoms with E-state index in [2.05, 4.69) is 25.6 Å². The van der Waals surface area contributed by atoms with Crippen LogP contribution in [0.5, 0.6) is 11.5 Å². The zero-order valence-electron chi connectivity index (χ0n) is 14.1. The molecule has 0 radical (unpaired) electrons. The number of hydrogen-bond acceptors (Lipinski definition) is 6. The van der Waals surface area contributed by atoms with E-state index in [0.717, 1.165) is 0 Å². The molecule has 0 fully saturated rings. The number of carbonyl (C=O) groups is 1. The van der Waals surface area contributed by atoms with Crippen LogP contribution in [-0.2, 0) is 0 Å². The van der Waals surface area contributed by atoms with E-state index in [4.69, 9.17) is 4.74 Å². The Hall–Kier alpha value is -4.07. The smallest absolute Gasteiger partial charge is 0.276 e. The van der Waals surface area contributed by atoms with Crippen molar-refractivity contribution in [2.75, 3.05) is 5.32 Å².